The standard InChI is InChI=1S/C47H74O15/c1-12-23(2)43(51)60-35-20-32-31(47(52)18-16-30(24(3)48)46(35,47)8)14-13-28-19-29(15-17-45(28,32)7)59-36-21-33(53-9)40(26(5)56-36)61-37-22-34(54-10)41(27(6)57-37)62-44-39(50)42(55-11)38(49)25(4)58-44/h12-13,25-27,29-42,44,49-50,52H,14-22H2,1-11H3/b23-12+/t25?,26?,27?,29-,30?,31?,32?,33?,34?,35+,36?,37?,38?,39?,40?,41?,42?,44?,45-,46-,47-/m0/s1. The van der Waals surface area contributed by atoms with Crippen molar-refractivity contribution in [2.45, 2.75) is 211 Å². The van der Waals surface area contributed by atoms with Crippen LogP contribution in [0.25, 0.3) is 0 Å². The van der Waals surface area contributed by atoms with Crippen LogP contribution in [0.3, 0.4) is 0 Å². The second kappa shape index (κ2) is 18.8. The molecule has 0 radical (unpaired) electrons. The highest BCUT2D eigenvalue weighted by Gasteiger charge is 2.71. The molecule has 3 saturated heterocycles. The summed E-state index contributed by atoms with van der Waals surface area (Å²) < 4.78 is 61.8. The summed E-state index contributed by atoms with van der Waals surface area (Å²) in [6.07, 6.45) is 0.173. The average Bonchev–Trinajstić information content (AvgIpc) is 3.53. The predicted molar refractivity (Wildman–Crippen MR) is 223 cm³/mol. The van der Waals surface area contributed by atoms with Crippen LogP contribution in [0.5, 0.6) is 0 Å². The molecule has 352 valence electrons. The van der Waals surface area contributed by atoms with Crippen LogP contribution < -0.4 is 0 Å². The highest BCUT2D eigenvalue weighted by molar-refractivity contribution is 5.88. The Morgan fingerprint density at radius 1 is 0.774 bits per heavy atom. The van der Waals surface area contributed by atoms with Crippen LogP contribution in [0.4, 0.5) is 0 Å². The van der Waals surface area contributed by atoms with Crippen LogP contribution >= 0.6 is 0 Å². The molecule has 0 aromatic carbocycles. The number of rotatable bonds is 12. The molecule has 16 unspecified atom stereocenters. The third-order valence-electron chi connectivity index (χ3n) is 16.6. The number of hydrogen-bond acceptors (Lipinski definition) is 15. The van der Waals surface area contributed by atoms with E-state index in [1.165, 1.54) is 12.7 Å². The molecule has 3 aliphatic heterocycles. The number of hydrogen-bond donors (Lipinski definition) is 3. The van der Waals surface area contributed by atoms with Crippen molar-refractivity contribution >= 4 is 11.8 Å². The molecule has 0 aromatic rings. The normalized spacial score (nSPS) is 49.6. The summed E-state index contributed by atoms with van der Waals surface area (Å²) in [6.45, 7) is 15.0. The van der Waals surface area contributed by atoms with Gasteiger partial charge in [-0.25, -0.2) is 4.79 Å². The van der Waals surface area contributed by atoms with E-state index < -0.39 is 96.9 Å². The number of fused-ring (bicyclic) bond motifs is 5. The monoisotopic (exact) mass is 879 g/mol. The van der Waals surface area contributed by atoms with Crippen molar-refractivity contribution < 1.29 is 72.3 Å². The summed E-state index contributed by atoms with van der Waals surface area (Å²) in [5, 5.41) is 34.1. The highest BCUT2D eigenvalue weighted by atomic mass is 16.8. The van der Waals surface area contributed by atoms with Crippen molar-refractivity contribution in [3.63, 3.8) is 0 Å². The number of aliphatic hydroxyl groups excluding tert-OH is 2. The minimum atomic E-state index is -1.22. The molecule has 7 aliphatic rings. The Labute approximate surface area is 367 Å². The predicted octanol–water partition coefficient (Wildman–Crippen LogP) is 4.69. The summed E-state index contributed by atoms with van der Waals surface area (Å²) in [7, 11) is 4.68. The van der Waals surface area contributed by atoms with Crippen molar-refractivity contribution in [2.24, 2.45) is 28.6 Å². The second-order valence-corrected chi connectivity index (χ2v) is 19.8. The highest BCUT2D eigenvalue weighted by Crippen LogP contribution is 2.68. The van der Waals surface area contributed by atoms with E-state index in [1.54, 1.807) is 41.1 Å². The molecular formula is C47H74O15. The first-order chi connectivity index (χ1) is 29.3. The topological polar surface area (TPSA) is 187 Å². The molecule has 4 aliphatic carbocycles. The van der Waals surface area contributed by atoms with Gasteiger partial charge in [-0.2, -0.15) is 0 Å². The molecule has 3 N–H and O–H groups in total. The van der Waals surface area contributed by atoms with Gasteiger partial charge in [0.1, 0.15) is 42.4 Å². The number of Topliss-reactive ketones (excluding diaryl/α,β-unsaturated/α-hetero) is 1. The zero-order valence-corrected chi connectivity index (χ0v) is 38.7. The summed E-state index contributed by atoms with van der Waals surface area (Å²) in [6, 6.07) is 0. The lowest BCUT2D eigenvalue weighted by Crippen LogP contribution is -2.66. The average molecular weight is 879 g/mol. The van der Waals surface area contributed by atoms with Crippen LogP contribution in [0, 0.1) is 28.6 Å². The maximum atomic E-state index is 13.3. The van der Waals surface area contributed by atoms with Gasteiger partial charge in [-0.05, 0) is 104 Å². The van der Waals surface area contributed by atoms with Crippen molar-refractivity contribution in [1.82, 2.24) is 0 Å². The second-order valence-electron chi connectivity index (χ2n) is 19.8. The molecule has 62 heavy (non-hydrogen) atoms. The molecule has 0 aromatic heterocycles. The van der Waals surface area contributed by atoms with E-state index in [4.69, 9.17) is 47.4 Å². The van der Waals surface area contributed by atoms with Gasteiger partial charge in [-0.1, -0.05) is 31.6 Å². The first-order valence-corrected chi connectivity index (χ1v) is 23.0. The van der Waals surface area contributed by atoms with E-state index in [0.717, 1.165) is 19.3 Å². The summed E-state index contributed by atoms with van der Waals surface area (Å²) in [4.78, 5) is 26.4. The number of aliphatic hydroxyl groups is 3. The van der Waals surface area contributed by atoms with Gasteiger partial charge in [0.15, 0.2) is 18.9 Å². The van der Waals surface area contributed by atoms with Gasteiger partial charge in [-0.3, -0.25) is 4.79 Å². The quantitative estimate of drug-likeness (QED) is 0.139. The summed E-state index contributed by atoms with van der Waals surface area (Å²) in [5.74, 6) is -0.727. The molecule has 21 atom stereocenters. The van der Waals surface area contributed by atoms with E-state index >= 15 is 0 Å². The molecule has 15 nitrogen and oxygen atoms in total. The van der Waals surface area contributed by atoms with Crippen LogP contribution in [-0.4, -0.2) is 146 Å². The number of allylic oxidation sites excluding steroid dienone is 2. The number of ketones is 1. The van der Waals surface area contributed by atoms with Gasteiger partial charge in [0, 0.05) is 51.1 Å². The van der Waals surface area contributed by atoms with Crippen molar-refractivity contribution in [1.29, 1.82) is 0 Å². The SMILES string of the molecule is C/C=C(\C)C(=O)O[C@@H]1CC2C(CC=C3C[C@@H](OC4CC(OC)C(OC5CC(OC)C(OC6OC(C)C(O)C(OC)C6O)C(C)O5)C(C)O4)CC[C@@]32C)[C@@]2(O)CCC(C(C)=O)[C@@]12C. The largest absolute Gasteiger partial charge is 0.458 e. The lowest BCUT2D eigenvalue weighted by atomic mass is 9.45. The zero-order valence-electron chi connectivity index (χ0n) is 38.7. The third-order valence-corrected chi connectivity index (χ3v) is 16.6. The Hall–Kier alpha value is -1.86. The lowest BCUT2D eigenvalue weighted by Gasteiger charge is -2.63. The van der Waals surface area contributed by atoms with Gasteiger partial charge in [-0.15, -0.1) is 0 Å². The molecule has 0 spiro atoms. The van der Waals surface area contributed by atoms with Crippen molar-refractivity contribution in [3.8, 4) is 0 Å². The first kappa shape index (κ1) is 48.1. The fraction of sp³-hybridized carbons (Fsp3) is 0.872. The molecule has 15 heteroatoms. The summed E-state index contributed by atoms with van der Waals surface area (Å²) in [5.41, 5.74) is -0.439. The van der Waals surface area contributed by atoms with Gasteiger partial charge < -0.3 is 62.7 Å². The first-order valence-electron chi connectivity index (χ1n) is 23.0. The molecule has 6 fully saturated rings. The maximum Gasteiger partial charge on any atom is 0.333 e. The molecule has 3 heterocycles. The Morgan fingerprint density at radius 3 is 2.00 bits per heavy atom. The zero-order chi connectivity index (χ0) is 45.1. The Balaban J connectivity index is 0.980. The molecule has 3 saturated carbocycles. The smallest absolute Gasteiger partial charge is 0.333 e. The molecule has 7 rings (SSSR count). The Bertz CT molecular complexity index is 1670. The number of carbonyl (C=O) groups is 2. The minimum Gasteiger partial charge on any atom is -0.458 e. The molecule has 0 bridgehead atoms. The Morgan fingerprint density at radius 2 is 1.40 bits per heavy atom. The number of methoxy groups -OCH3 is 3. The van der Waals surface area contributed by atoms with E-state index in [2.05, 4.69) is 13.0 Å². The molecule has 0 amide bonds. The number of ether oxygens (including phenoxy) is 10. The van der Waals surface area contributed by atoms with Crippen LogP contribution in [0.15, 0.2) is 23.3 Å². The summed E-state index contributed by atoms with van der Waals surface area (Å²) >= 11 is 0. The van der Waals surface area contributed by atoms with Gasteiger partial charge in [0.2, 0.25) is 0 Å². The van der Waals surface area contributed by atoms with Crippen LogP contribution in [0.1, 0.15) is 113 Å². The van der Waals surface area contributed by atoms with Gasteiger partial charge in [0.05, 0.1) is 42.2 Å². The third kappa shape index (κ3) is 8.42. The van der Waals surface area contributed by atoms with Crippen molar-refractivity contribution in [3.05, 3.63) is 23.3 Å². The van der Waals surface area contributed by atoms with E-state index in [-0.39, 0.29) is 41.2 Å². The maximum absolute atomic E-state index is 13.3. The fourth-order valence-corrected chi connectivity index (χ4v) is 12.8. The fourth-order valence-electron chi connectivity index (χ4n) is 12.8. The Kier molecular flexibility index (Phi) is 14.6. The number of esters is 1. The van der Waals surface area contributed by atoms with Gasteiger partial charge >= 0.3 is 5.97 Å². The van der Waals surface area contributed by atoms with Gasteiger partial charge in [0.25, 0.3) is 0 Å². The van der Waals surface area contributed by atoms with Crippen molar-refractivity contribution in [2.75, 3.05) is 21.3 Å². The van der Waals surface area contributed by atoms with E-state index in [1.807, 2.05) is 27.7 Å². The van der Waals surface area contributed by atoms with E-state index in [0.29, 0.717) is 44.1 Å². The number of carbonyl (C=O) groups excluding carboxylic acids is 2. The lowest BCUT2D eigenvalue weighted by molar-refractivity contribution is -0.352. The molecular weight excluding hydrogens is 805 g/mol. The van der Waals surface area contributed by atoms with E-state index in [9.17, 15) is 24.9 Å². The van der Waals surface area contributed by atoms with Crippen LogP contribution in [0.2, 0.25) is 0 Å². The minimum absolute atomic E-state index is 0.0391. The van der Waals surface area contributed by atoms with Crippen LogP contribution in [-0.2, 0) is 57.0 Å².